The van der Waals surface area contributed by atoms with E-state index in [1.54, 1.807) is 7.11 Å². The van der Waals surface area contributed by atoms with Gasteiger partial charge in [0, 0.05) is 12.1 Å². The van der Waals surface area contributed by atoms with E-state index < -0.39 is 0 Å². The Morgan fingerprint density at radius 1 is 1.04 bits per heavy atom. The molecule has 0 amide bonds. The molecule has 0 N–H and O–H groups in total. The molecule has 0 saturated heterocycles. The lowest BCUT2D eigenvalue weighted by Gasteiger charge is -2.15. The molecule has 6 heteroatoms. The normalized spacial score (nSPS) is 10.9. The van der Waals surface area contributed by atoms with Crippen molar-refractivity contribution in [1.82, 2.24) is 15.0 Å². The maximum atomic E-state index is 5.94. The van der Waals surface area contributed by atoms with E-state index in [0.29, 0.717) is 35.4 Å². The summed E-state index contributed by atoms with van der Waals surface area (Å²) < 4.78 is 16.8. The molecule has 1 aromatic heterocycles. The summed E-state index contributed by atoms with van der Waals surface area (Å²) in [7, 11) is 5.61. The van der Waals surface area contributed by atoms with Crippen molar-refractivity contribution in [2.75, 3.05) is 34.4 Å². The Hall–Kier alpha value is -2.86. The zero-order valence-electron chi connectivity index (χ0n) is 14.6. The zero-order chi connectivity index (χ0) is 17.6. The molecule has 3 aromatic rings. The second kappa shape index (κ2) is 7.81. The molecule has 25 heavy (non-hydrogen) atoms. The van der Waals surface area contributed by atoms with Gasteiger partial charge >= 0.3 is 0 Å². The number of rotatable bonds is 7. The molecule has 0 radical (unpaired) electrons. The number of likely N-dealkylation sites (N-methyl/N-ethyl adjacent to an activating group) is 1. The van der Waals surface area contributed by atoms with Crippen molar-refractivity contribution < 1.29 is 14.0 Å². The molecule has 0 saturated carbocycles. The third kappa shape index (κ3) is 3.97. The molecule has 0 aliphatic carbocycles. The minimum absolute atomic E-state index is 0.401. The molecule has 2 aromatic carbocycles. The Kier molecular flexibility index (Phi) is 5.30. The van der Waals surface area contributed by atoms with Crippen LogP contribution in [0, 0.1) is 0 Å². The molecule has 3 rings (SSSR count). The second-order valence-corrected chi connectivity index (χ2v) is 5.78. The van der Waals surface area contributed by atoms with Crippen molar-refractivity contribution in [3.63, 3.8) is 0 Å². The van der Waals surface area contributed by atoms with Gasteiger partial charge in [0.1, 0.15) is 6.61 Å². The number of aromatic nitrogens is 2. The first kappa shape index (κ1) is 17.0. The summed E-state index contributed by atoms with van der Waals surface area (Å²) in [5, 5.41) is 4.08. The van der Waals surface area contributed by atoms with Crippen LogP contribution in [0.5, 0.6) is 11.5 Å². The molecular formula is C19H21N3O3. The van der Waals surface area contributed by atoms with Crippen molar-refractivity contribution in [2.24, 2.45) is 0 Å². The summed E-state index contributed by atoms with van der Waals surface area (Å²) in [6.45, 7) is 1.32. The summed E-state index contributed by atoms with van der Waals surface area (Å²) in [5.41, 5.74) is 1.61. The number of methoxy groups -OCH3 is 1. The van der Waals surface area contributed by atoms with Crippen molar-refractivity contribution in [3.05, 3.63) is 48.5 Å². The van der Waals surface area contributed by atoms with E-state index in [2.05, 4.69) is 15.0 Å². The molecule has 130 valence electrons. The highest BCUT2D eigenvalue weighted by molar-refractivity contribution is 5.69. The summed E-state index contributed by atoms with van der Waals surface area (Å²) in [5.74, 6) is 2.18. The van der Waals surface area contributed by atoms with Crippen LogP contribution in [0.15, 0.2) is 53.1 Å². The SMILES string of the molecule is COc1cccc(-c2nc(-c3ccccc3)no2)c1OCCN(C)C. The van der Waals surface area contributed by atoms with Crippen molar-refractivity contribution >= 4 is 0 Å². The zero-order valence-corrected chi connectivity index (χ0v) is 14.6. The van der Waals surface area contributed by atoms with Crippen LogP contribution in [0.3, 0.4) is 0 Å². The first-order chi connectivity index (χ1) is 12.2. The van der Waals surface area contributed by atoms with Gasteiger partial charge in [-0.1, -0.05) is 41.6 Å². The van der Waals surface area contributed by atoms with Gasteiger partial charge in [-0.15, -0.1) is 0 Å². The minimum Gasteiger partial charge on any atom is -0.493 e. The fourth-order valence-corrected chi connectivity index (χ4v) is 2.36. The lowest BCUT2D eigenvalue weighted by Crippen LogP contribution is -2.19. The Morgan fingerprint density at radius 2 is 1.84 bits per heavy atom. The molecule has 0 spiro atoms. The maximum Gasteiger partial charge on any atom is 0.262 e. The summed E-state index contributed by atoms with van der Waals surface area (Å²) in [6, 6.07) is 15.3. The quantitative estimate of drug-likeness (QED) is 0.658. The van der Waals surface area contributed by atoms with E-state index in [4.69, 9.17) is 14.0 Å². The second-order valence-electron chi connectivity index (χ2n) is 5.78. The molecular weight excluding hydrogens is 318 g/mol. The van der Waals surface area contributed by atoms with Crippen LogP contribution < -0.4 is 9.47 Å². The van der Waals surface area contributed by atoms with Crippen molar-refractivity contribution in [1.29, 1.82) is 0 Å². The van der Waals surface area contributed by atoms with Crippen LogP contribution in [0.1, 0.15) is 0 Å². The van der Waals surface area contributed by atoms with E-state index in [1.807, 2.05) is 62.6 Å². The minimum atomic E-state index is 0.401. The van der Waals surface area contributed by atoms with Crippen LogP contribution in [0.25, 0.3) is 22.8 Å². The highest BCUT2D eigenvalue weighted by Gasteiger charge is 2.18. The number of nitrogens with zero attached hydrogens (tertiary/aromatic N) is 3. The van der Waals surface area contributed by atoms with Crippen LogP contribution >= 0.6 is 0 Å². The summed E-state index contributed by atoms with van der Waals surface area (Å²) in [6.07, 6.45) is 0. The van der Waals surface area contributed by atoms with Gasteiger partial charge in [0.15, 0.2) is 11.5 Å². The molecule has 0 bridgehead atoms. The number of hydrogen-bond donors (Lipinski definition) is 0. The Balaban J connectivity index is 1.92. The molecule has 1 heterocycles. The third-order valence-electron chi connectivity index (χ3n) is 3.67. The number of hydrogen-bond acceptors (Lipinski definition) is 6. The molecule has 0 aliphatic heterocycles. The Labute approximate surface area is 147 Å². The van der Waals surface area contributed by atoms with E-state index in [0.717, 1.165) is 12.1 Å². The van der Waals surface area contributed by atoms with Gasteiger partial charge in [-0.3, -0.25) is 0 Å². The predicted molar refractivity (Wildman–Crippen MR) is 95.8 cm³/mol. The highest BCUT2D eigenvalue weighted by Crippen LogP contribution is 2.37. The number of para-hydroxylation sites is 1. The van der Waals surface area contributed by atoms with E-state index in [-0.39, 0.29) is 0 Å². The molecule has 0 fully saturated rings. The van der Waals surface area contributed by atoms with E-state index in [1.165, 1.54) is 0 Å². The monoisotopic (exact) mass is 339 g/mol. The van der Waals surface area contributed by atoms with Gasteiger partial charge < -0.3 is 18.9 Å². The van der Waals surface area contributed by atoms with E-state index >= 15 is 0 Å². The van der Waals surface area contributed by atoms with Gasteiger partial charge in [-0.25, -0.2) is 0 Å². The first-order valence-corrected chi connectivity index (χ1v) is 8.03. The Bertz CT molecular complexity index is 816. The summed E-state index contributed by atoms with van der Waals surface area (Å²) in [4.78, 5) is 6.56. The predicted octanol–water partition coefficient (Wildman–Crippen LogP) is 3.35. The molecule has 0 atom stereocenters. The maximum absolute atomic E-state index is 5.94. The standard InChI is InChI=1S/C19H21N3O3/c1-22(2)12-13-24-17-15(10-7-11-16(17)23-3)19-20-18(21-25-19)14-8-5-4-6-9-14/h4-11H,12-13H2,1-3H3. The lowest BCUT2D eigenvalue weighted by atomic mass is 10.1. The van der Waals surface area contributed by atoms with Crippen LogP contribution in [-0.2, 0) is 0 Å². The first-order valence-electron chi connectivity index (χ1n) is 8.03. The lowest BCUT2D eigenvalue weighted by molar-refractivity contribution is 0.251. The highest BCUT2D eigenvalue weighted by atomic mass is 16.5. The van der Waals surface area contributed by atoms with Crippen molar-refractivity contribution in [2.45, 2.75) is 0 Å². The van der Waals surface area contributed by atoms with Gasteiger partial charge in [-0.2, -0.15) is 4.98 Å². The Morgan fingerprint density at radius 3 is 2.56 bits per heavy atom. The topological polar surface area (TPSA) is 60.6 Å². The summed E-state index contributed by atoms with van der Waals surface area (Å²) >= 11 is 0. The van der Waals surface area contributed by atoms with Crippen LogP contribution in [0.2, 0.25) is 0 Å². The molecule has 0 aliphatic rings. The van der Waals surface area contributed by atoms with Gasteiger partial charge in [0.2, 0.25) is 5.82 Å². The largest absolute Gasteiger partial charge is 0.493 e. The van der Waals surface area contributed by atoms with E-state index in [9.17, 15) is 0 Å². The average molecular weight is 339 g/mol. The van der Waals surface area contributed by atoms with Crippen LogP contribution in [0.4, 0.5) is 0 Å². The van der Waals surface area contributed by atoms with Gasteiger partial charge in [-0.05, 0) is 26.2 Å². The average Bonchev–Trinajstić information content (AvgIpc) is 3.12. The third-order valence-corrected chi connectivity index (χ3v) is 3.67. The van der Waals surface area contributed by atoms with Crippen molar-refractivity contribution in [3.8, 4) is 34.3 Å². The molecule has 6 nitrogen and oxygen atoms in total. The fraction of sp³-hybridized carbons (Fsp3) is 0.263. The van der Waals surface area contributed by atoms with Gasteiger partial charge in [0.25, 0.3) is 5.89 Å². The van der Waals surface area contributed by atoms with Gasteiger partial charge in [0.05, 0.1) is 12.7 Å². The number of ether oxygens (including phenoxy) is 2. The number of benzene rings is 2. The molecule has 0 unspecified atom stereocenters. The smallest absolute Gasteiger partial charge is 0.262 e. The fourth-order valence-electron chi connectivity index (χ4n) is 2.36. The van der Waals surface area contributed by atoms with Crippen LogP contribution in [-0.4, -0.2) is 49.4 Å².